The standard InChI is InChI=1S/C13H13BrN2O5/c1-7-3-10(15-21-7)6-20-13-11(8(2)17)4-9(14)5-12(13)16(18)19/h3-5,8,17H,6H2,1-2H3. The first kappa shape index (κ1) is 15.5. The molecule has 0 saturated heterocycles. The van der Waals surface area contributed by atoms with Crippen molar-refractivity contribution in [2.75, 3.05) is 0 Å². The summed E-state index contributed by atoms with van der Waals surface area (Å²) in [6.07, 6.45) is -0.907. The molecule has 0 aliphatic heterocycles. The molecule has 1 aromatic heterocycles. The van der Waals surface area contributed by atoms with E-state index in [4.69, 9.17) is 9.26 Å². The van der Waals surface area contributed by atoms with Crippen LogP contribution in [0.1, 0.15) is 30.0 Å². The first-order chi connectivity index (χ1) is 9.88. The molecule has 0 aliphatic rings. The zero-order valence-electron chi connectivity index (χ0n) is 11.4. The van der Waals surface area contributed by atoms with E-state index in [-0.39, 0.29) is 18.0 Å². The van der Waals surface area contributed by atoms with Crippen LogP contribution in [0.25, 0.3) is 0 Å². The van der Waals surface area contributed by atoms with E-state index in [9.17, 15) is 15.2 Å². The molecule has 0 radical (unpaired) electrons. The monoisotopic (exact) mass is 356 g/mol. The number of rotatable bonds is 5. The summed E-state index contributed by atoms with van der Waals surface area (Å²) < 4.78 is 10.9. The minimum absolute atomic E-state index is 0.0134. The van der Waals surface area contributed by atoms with Gasteiger partial charge in [-0.1, -0.05) is 21.1 Å². The Hall–Kier alpha value is -1.93. The number of aliphatic hydroxyl groups excluding tert-OH is 1. The Labute approximate surface area is 128 Å². The SMILES string of the molecule is Cc1cc(COc2c(C(C)O)cc(Br)cc2[N+](=O)[O-])no1. The number of aliphatic hydroxyl groups is 1. The Morgan fingerprint density at radius 3 is 2.76 bits per heavy atom. The Balaban J connectivity index is 2.37. The van der Waals surface area contributed by atoms with Crippen molar-refractivity contribution in [1.29, 1.82) is 0 Å². The third kappa shape index (κ3) is 3.59. The number of aryl methyl sites for hydroxylation is 1. The number of aromatic nitrogens is 1. The summed E-state index contributed by atoms with van der Waals surface area (Å²) >= 11 is 3.18. The molecule has 0 aliphatic carbocycles. The summed E-state index contributed by atoms with van der Waals surface area (Å²) in [5.74, 6) is 0.647. The molecule has 0 bridgehead atoms. The molecule has 7 nitrogen and oxygen atoms in total. The molecule has 0 amide bonds. The summed E-state index contributed by atoms with van der Waals surface area (Å²) in [7, 11) is 0. The van der Waals surface area contributed by atoms with E-state index in [1.54, 1.807) is 19.1 Å². The van der Waals surface area contributed by atoms with Gasteiger partial charge in [-0.25, -0.2) is 0 Å². The Kier molecular flexibility index (Phi) is 4.59. The van der Waals surface area contributed by atoms with Gasteiger partial charge in [0.15, 0.2) is 0 Å². The lowest BCUT2D eigenvalue weighted by Gasteiger charge is -2.13. The molecule has 21 heavy (non-hydrogen) atoms. The van der Waals surface area contributed by atoms with Crippen LogP contribution in [0, 0.1) is 17.0 Å². The van der Waals surface area contributed by atoms with Crippen molar-refractivity contribution >= 4 is 21.6 Å². The molecule has 2 aromatic rings. The number of ether oxygens (including phenoxy) is 1. The van der Waals surface area contributed by atoms with E-state index in [1.807, 2.05) is 0 Å². The van der Waals surface area contributed by atoms with Crippen LogP contribution in [0.15, 0.2) is 27.2 Å². The highest BCUT2D eigenvalue weighted by atomic mass is 79.9. The van der Waals surface area contributed by atoms with E-state index in [2.05, 4.69) is 21.1 Å². The Morgan fingerprint density at radius 1 is 1.52 bits per heavy atom. The first-order valence-corrected chi connectivity index (χ1v) is 6.88. The maximum atomic E-state index is 11.2. The predicted molar refractivity (Wildman–Crippen MR) is 77.0 cm³/mol. The molecule has 8 heteroatoms. The van der Waals surface area contributed by atoms with Gasteiger partial charge in [-0.3, -0.25) is 10.1 Å². The quantitative estimate of drug-likeness (QED) is 0.651. The highest BCUT2D eigenvalue weighted by molar-refractivity contribution is 9.10. The van der Waals surface area contributed by atoms with Crippen molar-refractivity contribution < 1.29 is 19.3 Å². The molecule has 1 unspecified atom stereocenters. The largest absolute Gasteiger partial charge is 0.480 e. The number of hydrogen-bond donors (Lipinski definition) is 1. The third-order valence-electron chi connectivity index (χ3n) is 2.75. The number of halogens is 1. The summed E-state index contributed by atoms with van der Waals surface area (Å²) in [4.78, 5) is 10.6. The zero-order valence-corrected chi connectivity index (χ0v) is 13.0. The smallest absolute Gasteiger partial charge is 0.312 e. The van der Waals surface area contributed by atoms with Crippen LogP contribution in [-0.4, -0.2) is 15.2 Å². The molecule has 0 spiro atoms. The van der Waals surface area contributed by atoms with Crippen LogP contribution in [0.4, 0.5) is 5.69 Å². The van der Waals surface area contributed by atoms with Gasteiger partial charge < -0.3 is 14.4 Å². The molecule has 1 heterocycles. The van der Waals surface area contributed by atoms with E-state index in [1.165, 1.54) is 13.0 Å². The summed E-state index contributed by atoms with van der Waals surface area (Å²) in [5, 5.41) is 24.7. The molecule has 2 rings (SSSR count). The summed E-state index contributed by atoms with van der Waals surface area (Å²) in [5.41, 5.74) is 0.623. The third-order valence-corrected chi connectivity index (χ3v) is 3.21. The topological polar surface area (TPSA) is 98.6 Å². The molecule has 1 aromatic carbocycles. The predicted octanol–water partition coefficient (Wildman–Crippen LogP) is 3.29. The number of nitrogens with zero attached hydrogens (tertiary/aromatic N) is 2. The van der Waals surface area contributed by atoms with Gasteiger partial charge in [0.1, 0.15) is 18.1 Å². The van der Waals surface area contributed by atoms with Crippen LogP contribution < -0.4 is 4.74 Å². The lowest BCUT2D eigenvalue weighted by molar-refractivity contribution is -0.386. The number of hydrogen-bond acceptors (Lipinski definition) is 6. The van der Waals surface area contributed by atoms with Gasteiger partial charge in [-0.15, -0.1) is 0 Å². The highest BCUT2D eigenvalue weighted by Crippen LogP contribution is 2.38. The van der Waals surface area contributed by atoms with Gasteiger partial charge in [-0.05, 0) is 19.9 Å². The average molecular weight is 357 g/mol. The maximum Gasteiger partial charge on any atom is 0.312 e. The van der Waals surface area contributed by atoms with Crippen molar-refractivity contribution in [3.05, 3.63) is 49.8 Å². The fourth-order valence-corrected chi connectivity index (χ4v) is 2.30. The second-order valence-corrected chi connectivity index (χ2v) is 5.41. The van der Waals surface area contributed by atoms with Gasteiger partial charge in [-0.2, -0.15) is 0 Å². The molecule has 112 valence electrons. The summed E-state index contributed by atoms with van der Waals surface area (Å²) in [6, 6.07) is 4.59. The maximum absolute atomic E-state index is 11.2. The first-order valence-electron chi connectivity index (χ1n) is 6.09. The Morgan fingerprint density at radius 2 is 2.24 bits per heavy atom. The van der Waals surface area contributed by atoms with Crippen LogP contribution in [0.3, 0.4) is 0 Å². The van der Waals surface area contributed by atoms with Crippen molar-refractivity contribution in [3.8, 4) is 5.75 Å². The lowest BCUT2D eigenvalue weighted by Crippen LogP contribution is -2.05. The molecular weight excluding hydrogens is 344 g/mol. The van der Waals surface area contributed by atoms with E-state index in [0.29, 0.717) is 21.5 Å². The van der Waals surface area contributed by atoms with Gasteiger partial charge in [0.2, 0.25) is 5.75 Å². The van der Waals surface area contributed by atoms with Crippen LogP contribution in [-0.2, 0) is 6.61 Å². The van der Waals surface area contributed by atoms with E-state index < -0.39 is 11.0 Å². The number of nitro benzene ring substituents is 1. The van der Waals surface area contributed by atoms with Crippen LogP contribution in [0.2, 0.25) is 0 Å². The van der Waals surface area contributed by atoms with E-state index in [0.717, 1.165) is 0 Å². The number of nitro groups is 1. The molecule has 1 atom stereocenters. The van der Waals surface area contributed by atoms with Crippen LogP contribution >= 0.6 is 15.9 Å². The minimum atomic E-state index is -0.907. The van der Waals surface area contributed by atoms with Crippen molar-refractivity contribution in [3.63, 3.8) is 0 Å². The fraction of sp³-hybridized carbons (Fsp3) is 0.308. The van der Waals surface area contributed by atoms with E-state index >= 15 is 0 Å². The zero-order chi connectivity index (χ0) is 15.6. The van der Waals surface area contributed by atoms with Crippen LogP contribution in [0.5, 0.6) is 5.75 Å². The van der Waals surface area contributed by atoms with Crippen molar-refractivity contribution in [2.45, 2.75) is 26.6 Å². The van der Waals surface area contributed by atoms with Gasteiger partial charge in [0, 0.05) is 22.2 Å². The molecule has 0 saturated carbocycles. The van der Waals surface area contributed by atoms with Gasteiger partial charge in [0.25, 0.3) is 0 Å². The fourth-order valence-electron chi connectivity index (χ4n) is 1.84. The van der Waals surface area contributed by atoms with Gasteiger partial charge >= 0.3 is 5.69 Å². The normalized spacial score (nSPS) is 12.2. The lowest BCUT2D eigenvalue weighted by atomic mass is 10.1. The summed E-state index contributed by atoms with van der Waals surface area (Å²) in [6.45, 7) is 3.26. The molecule has 0 fully saturated rings. The molecular formula is C13H13BrN2O5. The Bertz CT molecular complexity index is 669. The minimum Gasteiger partial charge on any atom is -0.480 e. The van der Waals surface area contributed by atoms with Gasteiger partial charge in [0.05, 0.1) is 11.0 Å². The second-order valence-electron chi connectivity index (χ2n) is 4.49. The average Bonchev–Trinajstić information content (AvgIpc) is 2.81. The highest BCUT2D eigenvalue weighted by Gasteiger charge is 2.23. The van der Waals surface area contributed by atoms with Crippen molar-refractivity contribution in [2.24, 2.45) is 0 Å². The van der Waals surface area contributed by atoms with Crippen molar-refractivity contribution in [1.82, 2.24) is 5.16 Å². The number of benzene rings is 1. The second kappa shape index (κ2) is 6.23. The molecule has 1 N–H and O–H groups in total.